The Bertz CT molecular complexity index is 1140. The monoisotopic (exact) mass is 400 g/mol. The van der Waals surface area contributed by atoms with Gasteiger partial charge in [-0.2, -0.15) is 8.97 Å². The van der Waals surface area contributed by atoms with Gasteiger partial charge in [-0.1, -0.05) is 54.1 Å². The molecule has 0 aliphatic carbocycles. The zero-order valence-electron chi connectivity index (χ0n) is 14.1. The van der Waals surface area contributed by atoms with Gasteiger partial charge < -0.3 is 5.11 Å². The Hall–Kier alpha value is -2.89. The summed E-state index contributed by atoms with van der Waals surface area (Å²) < 4.78 is 3.22. The number of aromatic nitrogens is 3. The van der Waals surface area contributed by atoms with Gasteiger partial charge in [-0.05, 0) is 17.7 Å². The Kier molecular flexibility index (Phi) is 5.44. The highest BCUT2D eigenvalue weighted by atomic mass is 35.5. The molecule has 0 spiro atoms. The summed E-state index contributed by atoms with van der Waals surface area (Å²) in [6.45, 7) is 0.351. The maximum absolute atomic E-state index is 13.0. The number of aromatic hydroxyl groups is 1. The van der Waals surface area contributed by atoms with Gasteiger partial charge in [-0.25, -0.2) is 9.78 Å². The van der Waals surface area contributed by atoms with Crippen LogP contribution in [-0.2, 0) is 6.54 Å². The van der Waals surface area contributed by atoms with E-state index in [0.717, 1.165) is 5.56 Å². The summed E-state index contributed by atoms with van der Waals surface area (Å²) in [7, 11) is 0. The summed E-state index contributed by atoms with van der Waals surface area (Å²) in [6.07, 6.45) is 3.35. The van der Waals surface area contributed by atoms with E-state index in [-0.39, 0.29) is 29.4 Å². The van der Waals surface area contributed by atoms with Crippen molar-refractivity contribution in [3.63, 3.8) is 0 Å². The van der Waals surface area contributed by atoms with E-state index in [1.165, 1.54) is 4.40 Å². The van der Waals surface area contributed by atoms with E-state index in [1.807, 2.05) is 30.3 Å². The van der Waals surface area contributed by atoms with Crippen molar-refractivity contribution in [1.29, 1.82) is 0 Å². The highest BCUT2D eigenvalue weighted by Crippen LogP contribution is 2.23. The van der Waals surface area contributed by atoms with Crippen molar-refractivity contribution in [2.75, 3.05) is 0 Å². The molecule has 1 N–H and O–H groups in total. The number of benzene rings is 1. The molecule has 3 heterocycles. The predicted molar refractivity (Wildman–Crippen MR) is 107 cm³/mol. The minimum Gasteiger partial charge on any atom is -0.477 e. The highest BCUT2D eigenvalue weighted by Gasteiger charge is 2.24. The van der Waals surface area contributed by atoms with E-state index in [0.29, 0.717) is 22.9 Å². The molecule has 0 saturated heterocycles. The first kappa shape index (κ1) is 18.9. The minimum absolute atomic E-state index is 0. The van der Waals surface area contributed by atoms with Crippen molar-refractivity contribution < 1.29 is 9.67 Å². The summed E-state index contributed by atoms with van der Waals surface area (Å²) in [5.74, 6) is -0.0812. The molecule has 4 aromatic rings. The van der Waals surface area contributed by atoms with Crippen LogP contribution in [-0.4, -0.2) is 14.5 Å². The number of fused-ring (bicyclic) bond motifs is 1. The van der Waals surface area contributed by atoms with E-state index >= 15 is 0 Å². The van der Waals surface area contributed by atoms with Gasteiger partial charge in [0.25, 0.3) is 11.5 Å². The molecule has 0 radical (unpaired) electrons. The van der Waals surface area contributed by atoms with Gasteiger partial charge in [-0.15, -0.1) is 12.4 Å². The van der Waals surface area contributed by atoms with Gasteiger partial charge in [0.15, 0.2) is 5.56 Å². The fraction of sp³-hybridized carbons (Fsp3) is 0.0500. The van der Waals surface area contributed by atoms with E-state index in [2.05, 4.69) is 4.98 Å². The second-order valence-electron chi connectivity index (χ2n) is 5.87. The maximum atomic E-state index is 13.0. The van der Waals surface area contributed by atoms with Crippen molar-refractivity contribution in [2.45, 2.75) is 6.54 Å². The number of hydrogen-bond donors (Lipinski definition) is 1. The van der Waals surface area contributed by atoms with Crippen molar-refractivity contribution in [2.24, 2.45) is 0 Å². The predicted octanol–water partition coefficient (Wildman–Crippen LogP) is 3.48. The van der Waals surface area contributed by atoms with Crippen LogP contribution >= 0.6 is 24.0 Å². The molecule has 0 unspecified atom stereocenters. The van der Waals surface area contributed by atoms with E-state index < -0.39 is 0 Å². The second-order valence-corrected chi connectivity index (χ2v) is 6.26. The van der Waals surface area contributed by atoms with E-state index in [9.17, 15) is 9.90 Å². The molecule has 5 nitrogen and oxygen atoms in total. The van der Waals surface area contributed by atoms with Crippen LogP contribution in [0.4, 0.5) is 0 Å². The van der Waals surface area contributed by atoms with Gasteiger partial charge in [0, 0.05) is 17.8 Å². The molecular weight excluding hydrogens is 385 g/mol. The van der Waals surface area contributed by atoms with Crippen molar-refractivity contribution >= 4 is 29.7 Å². The lowest BCUT2D eigenvalue weighted by atomic mass is 10.1. The van der Waals surface area contributed by atoms with Crippen molar-refractivity contribution in [3.05, 3.63) is 94.1 Å². The Balaban J connectivity index is 0.00000210. The Labute approximate surface area is 166 Å². The van der Waals surface area contributed by atoms with Gasteiger partial charge in [0.2, 0.25) is 0 Å². The molecule has 136 valence electrons. The number of halogens is 2. The first-order valence-corrected chi connectivity index (χ1v) is 8.45. The first-order valence-electron chi connectivity index (χ1n) is 8.07. The fourth-order valence-electron chi connectivity index (χ4n) is 2.98. The Morgan fingerprint density at radius 1 is 1.04 bits per heavy atom. The number of hydrogen-bond acceptors (Lipinski definition) is 3. The molecule has 0 atom stereocenters. The second kappa shape index (κ2) is 7.78. The van der Waals surface area contributed by atoms with Gasteiger partial charge in [0.05, 0.1) is 6.20 Å². The molecule has 7 heteroatoms. The van der Waals surface area contributed by atoms with Gasteiger partial charge >= 0.3 is 5.56 Å². The van der Waals surface area contributed by atoms with Crippen LogP contribution in [0.3, 0.4) is 0 Å². The lowest BCUT2D eigenvalue weighted by Crippen LogP contribution is -2.41. The molecule has 0 saturated carbocycles. The minimum atomic E-state index is -0.269. The topological polar surface area (TPSA) is 58.5 Å². The third-order valence-electron chi connectivity index (χ3n) is 4.22. The average Bonchev–Trinajstić information content (AvgIpc) is 2.68. The summed E-state index contributed by atoms with van der Waals surface area (Å²) in [6, 6.07) is 18.1. The molecule has 0 aliphatic heterocycles. The molecule has 0 fully saturated rings. The average molecular weight is 401 g/mol. The van der Waals surface area contributed by atoms with Gasteiger partial charge in [0.1, 0.15) is 11.7 Å². The van der Waals surface area contributed by atoms with Crippen LogP contribution in [0.2, 0.25) is 5.15 Å². The van der Waals surface area contributed by atoms with Crippen LogP contribution < -0.4 is 10.1 Å². The molecule has 0 aliphatic rings. The maximum Gasteiger partial charge on any atom is 0.354 e. The molecule has 1 aromatic carbocycles. The lowest BCUT2D eigenvalue weighted by molar-refractivity contribution is -0.671. The van der Waals surface area contributed by atoms with E-state index in [4.69, 9.17) is 11.6 Å². The van der Waals surface area contributed by atoms with Crippen LogP contribution in [0.15, 0.2) is 77.9 Å². The van der Waals surface area contributed by atoms with Crippen LogP contribution in [0.25, 0.3) is 16.8 Å². The fourth-order valence-corrected chi connectivity index (χ4v) is 3.09. The zero-order chi connectivity index (χ0) is 18.1. The molecule has 27 heavy (non-hydrogen) atoms. The Morgan fingerprint density at radius 3 is 2.48 bits per heavy atom. The highest BCUT2D eigenvalue weighted by molar-refractivity contribution is 6.29. The number of pyridine rings is 2. The molecule has 3 aromatic heterocycles. The largest absolute Gasteiger partial charge is 0.477 e. The summed E-state index contributed by atoms with van der Waals surface area (Å²) in [5, 5.41) is 11.3. The molecular formula is C20H16Cl2N3O2+. The van der Waals surface area contributed by atoms with Crippen molar-refractivity contribution in [3.8, 4) is 17.0 Å². The standard InChI is InChI=1S/C20H14ClN3O2.ClH/c21-16-10-9-14(12-22-16)13-24-17-8-4-5-11-23(17)19(25)18(20(24)26)15-6-2-1-3-7-15;/h1-12H,13H2;1H/p+1. The quantitative estimate of drug-likeness (QED) is 0.423. The normalized spacial score (nSPS) is 10.6. The third kappa shape index (κ3) is 3.52. The Morgan fingerprint density at radius 2 is 1.78 bits per heavy atom. The van der Waals surface area contributed by atoms with Crippen molar-refractivity contribution in [1.82, 2.24) is 9.38 Å². The lowest BCUT2D eigenvalue weighted by Gasteiger charge is -2.10. The third-order valence-corrected chi connectivity index (χ3v) is 4.44. The number of rotatable bonds is 3. The summed E-state index contributed by atoms with van der Waals surface area (Å²) in [5.41, 5.74) is 2.10. The van der Waals surface area contributed by atoms with Crippen LogP contribution in [0, 0.1) is 0 Å². The summed E-state index contributed by atoms with van der Waals surface area (Å²) in [4.78, 5) is 17.0. The molecule has 0 bridgehead atoms. The first-order chi connectivity index (χ1) is 12.6. The zero-order valence-corrected chi connectivity index (χ0v) is 15.7. The number of nitrogens with zero attached hydrogens (tertiary/aromatic N) is 3. The summed E-state index contributed by atoms with van der Waals surface area (Å²) >= 11 is 5.85. The molecule has 0 amide bonds. The molecule has 4 rings (SSSR count). The smallest absolute Gasteiger partial charge is 0.354 e. The van der Waals surface area contributed by atoms with Crippen LogP contribution in [0.5, 0.6) is 5.88 Å². The van der Waals surface area contributed by atoms with Gasteiger partial charge in [-0.3, -0.25) is 0 Å². The SMILES string of the molecule is Cl.O=c1c(-c2ccccc2)c(O)[n+](Cc2ccc(Cl)nc2)c2ccccn12. The van der Waals surface area contributed by atoms with Crippen LogP contribution in [0.1, 0.15) is 5.56 Å². The van der Waals surface area contributed by atoms with E-state index in [1.54, 1.807) is 47.3 Å².